The highest BCUT2D eigenvalue weighted by atomic mass is 127. The molecule has 0 amide bonds. The molecule has 0 aliphatic carbocycles. The predicted octanol–water partition coefficient (Wildman–Crippen LogP) is -0.478. The number of aromatic amines is 1. The second-order valence-electron chi connectivity index (χ2n) is 3.03. The molecule has 0 atom stereocenters. The van der Waals surface area contributed by atoms with Gasteiger partial charge in [0.05, 0.1) is 6.33 Å². The molecule has 0 saturated carbocycles. The minimum absolute atomic E-state index is 0.0916. The molecule has 0 radical (unpaired) electrons. The van der Waals surface area contributed by atoms with Crippen molar-refractivity contribution in [1.29, 1.82) is 0 Å². The Morgan fingerprint density at radius 2 is 2.38 bits per heavy atom. The summed E-state index contributed by atoms with van der Waals surface area (Å²) < 4.78 is 0.631. The van der Waals surface area contributed by atoms with Crippen LogP contribution in [-0.4, -0.2) is 29.1 Å². The van der Waals surface area contributed by atoms with E-state index >= 15 is 0 Å². The normalized spacial score (nSPS) is 17.2. The first-order chi connectivity index (χ1) is 6.18. The number of nitrogens with one attached hydrogen (secondary N) is 1. The summed E-state index contributed by atoms with van der Waals surface area (Å²) in [5.41, 5.74) is 5.54. The zero-order valence-corrected chi connectivity index (χ0v) is 8.98. The maximum atomic E-state index is 11.2. The Hall–Kier alpha value is -0.630. The van der Waals surface area contributed by atoms with Gasteiger partial charge < -0.3 is 15.6 Å². The fourth-order valence-corrected chi connectivity index (χ4v) is 1.92. The smallest absolute Gasteiger partial charge is 0.266 e. The fraction of sp³-hybridized carbons (Fsp3) is 0.429. The van der Waals surface area contributed by atoms with Crippen LogP contribution in [0.15, 0.2) is 11.1 Å². The van der Waals surface area contributed by atoms with Crippen LogP contribution in [0, 0.1) is 3.57 Å². The number of aromatic nitrogens is 2. The molecule has 0 spiro atoms. The summed E-state index contributed by atoms with van der Waals surface area (Å²) in [6, 6.07) is 0.219. The molecule has 1 aromatic rings. The molecule has 2 rings (SSSR count). The van der Waals surface area contributed by atoms with E-state index in [1.165, 1.54) is 6.33 Å². The van der Waals surface area contributed by atoms with Crippen LogP contribution in [0.1, 0.15) is 0 Å². The number of hydrogen-bond acceptors (Lipinski definition) is 4. The summed E-state index contributed by atoms with van der Waals surface area (Å²) in [5, 5.41) is 0. The van der Waals surface area contributed by atoms with Crippen molar-refractivity contribution in [1.82, 2.24) is 9.97 Å². The number of anilines is 1. The van der Waals surface area contributed by atoms with Gasteiger partial charge >= 0.3 is 0 Å². The van der Waals surface area contributed by atoms with E-state index in [1.54, 1.807) is 0 Å². The molecule has 5 nitrogen and oxygen atoms in total. The van der Waals surface area contributed by atoms with Crippen LogP contribution in [0.5, 0.6) is 0 Å². The van der Waals surface area contributed by atoms with E-state index in [-0.39, 0.29) is 11.6 Å². The van der Waals surface area contributed by atoms with E-state index in [9.17, 15) is 4.79 Å². The van der Waals surface area contributed by atoms with Gasteiger partial charge in [0, 0.05) is 19.1 Å². The molecule has 1 aromatic heterocycles. The van der Waals surface area contributed by atoms with Gasteiger partial charge in [-0.2, -0.15) is 0 Å². The molecule has 0 bridgehead atoms. The van der Waals surface area contributed by atoms with Crippen molar-refractivity contribution in [3.63, 3.8) is 0 Å². The van der Waals surface area contributed by atoms with Gasteiger partial charge in [0.1, 0.15) is 9.39 Å². The van der Waals surface area contributed by atoms with E-state index in [1.807, 2.05) is 27.5 Å². The largest absolute Gasteiger partial charge is 0.352 e. The molecule has 1 saturated heterocycles. The van der Waals surface area contributed by atoms with Crippen LogP contribution in [0.3, 0.4) is 0 Å². The number of H-pyrrole nitrogens is 1. The summed E-state index contributed by atoms with van der Waals surface area (Å²) in [4.78, 5) is 19.8. The Balaban J connectivity index is 2.31. The van der Waals surface area contributed by atoms with Crippen molar-refractivity contribution < 1.29 is 0 Å². The summed E-state index contributed by atoms with van der Waals surface area (Å²) in [6.07, 6.45) is 1.42. The van der Waals surface area contributed by atoms with Crippen molar-refractivity contribution in [2.24, 2.45) is 5.73 Å². The Bertz CT molecular complexity index is 371. The standard InChI is InChI=1S/C7H9IN4O/c8-5-6(10-3-11-7(5)13)12-1-4(9)2-12/h3-4H,1-2,9H2,(H,10,11,13). The van der Waals surface area contributed by atoms with E-state index in [2.05, 4.69) is 9.97 Å². The van der Waals surface area contributed by atoms with E-state index in [0.29, 0.717) is 3.57 Å². The quantitative estimate of drug-likeness (QED) is 0.686. The van der Waals surface area contributed by atoms with E-state index in [4.69, 9.17) is 5.73 Å². The van der Waals surface area contributed by atoms with Crippen LogP contribution in [0.4, 0.5) is 5.82 Å². The number of nitrogens with zero attached hydrogens (tertiary/aromatic N) is 2. The molecule has 0 unspecified atom stereocenters. The highest BCUT2D eigenvalue weighted by Crippen LogP contribution is 2.19. The Kier molecular flexibility index (Phi) is 2.24. The predicted molar refractivity (Wildman–Crippen MR) is 57.8 cm³/mol. The Morgan fingerprint density at radius 1 is 1.69 bits per heavy atom. The van der Waals surface area contributed by atoms with E-state index < -0.39 is 0 Å². The number of rotatable bonds is 1. The lowest BCUT2D eigenvalue weighted by Gasteiger charge is -2.37. The maximum absolute atomic E-state index is 11.2. The molecule has 13 heavy (non-hydrogen) atoms. The molecule has 3 N–H and O–H groups in total. The van der Waals surface area contributed by atoms with Crippen LogP contribution in [0.2, 0.25) is 0 Å². The zero-order valence-electron chi connectivity index (χ0n) is 6.83. The van der Waals surface area contributed by atoms with Gasteiger partial charge in [-0.05, 0) is 22.6 Å². The SMILES string of the molecule is NC1CN(c2nc[nH]c(=O)c2I)C1. The molecule has 70 valence electrons. The fourth-order valence-electron chi connectivity index (χ4n) is 1.28. The number of nitrogens with two attached hydrogens (primary N) is 1. The number of halogens is 1. The summed E-state index contributed by atoms with van der Waals surface area (Å²) in [5.74, 6) is 0.742. The van der Waals surface area contributed by atoms with Gasteiger partial charge in [0.2, 0.25) is 0 Å². The lowest BCUT2D eigenvalue weighted by Crippen LogP contribution is -2.56. The minimum Gasteiger partial charge on any atom is -0.352 e. The molecule has 1 aliphatic rings. The summed E-state index contributed by atoms with van der Waals surface area (Å²) in [7, 11) is 0. The molecule has 6 heteroatoms. The van der Waals surface area contributed by atoms with Crippen LogP contribution in [0.25, 0.3) is 0 Å². The van der Waals surface area contributed by atoms with Crippen molar-refractivity contribution in [3.05, 3.63) is 20.3 Å². The zero-order chi connectivity index (χ0) is 9.42. The van der Waals surface area contributed by atoms with Gasteiger partial charge in [-0.3, -0.25) is 4.79 Å². The van der Waals surface area contributed by atoms with Crippen LogP contribution in [-0.2, 0) is 0 Å². The second-order valence-corrected chi connectivity index (χ2v) is 4.11. The maximum Gasteiger partial charge on any atom is 0.266 e. The third-order valence-electron chi connectivity index (χ3n) is 1.99. The van der Waals surface area contributed by atoms with Gasteiger partial charge in [0.25, 0.3) is 5.56 Å². The van der Waals surface area contributed by atoms with Crippen LogP contribution < -0.4 is 16.2 Å². The number of hydrogen-bond donors (Lipinski definition) is 2. The first-order valence-electron chi connectivity index (χ1n) is 3.92. The Morgan fingerprint density at radius 3 is 3.00 bits per heavy atom. The van der Waals surface area contributed by atoms with Gasteiger partial charge in [-0.1, -0.05) is 0 Å². The van der Waals surface area contributed by atoms with Crippen molar-refractivity contribution in [2.45, 2.75) is 6.04 Å². The third kappa shape index (κ3) is 1.55. The lowest BCUT2D eigenvalue weighted by atomic mass is 10.1. The monoisotopic (exact) mass is 292 g/mol. The minimum atomic E-state index is -0.0916. The molecular weight excluding hydrogens is 283 g/mol. The van der Waals surface area contributed by atoms with Crippen LogP contribution >= 0.6 is 22.6 Å². The van der Waals surface area contributed by atoms with Crippen molar-refractivity contribution in [3.8, 4) is 0 Å². The average molecular weight is 292 g/mol. The molecular formula is C7H9IN4O. The lowest BCUT2D eigenvalue weighted by molar-refractivity contribution is 0.513. The summed E-state index contributed by atoms with van der Waals surface area (Å²) >= 11 is 2.00. The van der Waals surface area contributed by atoms with Crippen molar-refractivity contribution in [2.75, 3.05) is 18.0 Å². The van der Waals surface area contributed by atoms with Gasteiger partial charge in [0.15, 0.2) is 0 Å². The highest BCUT2D eigenvalue weighted by Gasteiger charge is 2.26. The molecule has 1 fully saturated rings. The molecule has 1 aliphatic heterocycles. The first-order valence-corrected chi connectivity index (χ1v) is 5.00. The third-order valence-corrected chi connectivity index (χ3v) is 2.96. The summed E-state index contributed by atoms with van der Waals surface area (Å²) in [6.45, 7) is 1.57. The molecule has 2 heterocycles. The second kappa shape index (κ2) is 3.26. The average Bonchev–Trinajstić information content (AvgIpc) is 2.05. The first kappa shape index (κ1) is 8.95. The van der Waals surface area contributed by atoms with Gasteiger partial charge in [-0.15, -0.1) is 0 Å². The van der Waals surface area contributed by atoms with Crippen molar-refractivity contribution >= 4 is 28.4 Å². The van der Waals surface area contributed by atoms with Gasteiger partial charge in [-0.25, -0.2) is 4.98 Å². The van der Waals surface area contributed by atoms with E-state index in [0.717, 1.165) is 18.9 Å². The highest BCUT2D eigenvalue weighted by molar-refractivity contribution is 14.1. The topological polar surface area (TPSA) is 75.0 Å². The Labute approximate surface area is 88.5 Å². The molecule has 0 aromatic carbocycles.